The van der Waals surface area contributed by atoms with Crippen molar-refractivity contribution in [2.75, 3.05) is 32.1 Å². The van der Waals surface area contributed by atoms with Gasteiger partial charge in [0.2, 0.25) is 0 Å². The molecular weight excluding hydrogens is 422 g/mol. The van der Waals surface area contributed by atoms with Crippen molar-refractivity contribution in [3.8, 4) is 11.5 Å². The second-order valence-electron chi connectivity index (χ2n) is 8.90. The number of nitrogens with zero attached hydrogens (tertiary/aromatic N) is 2. The van der Waals surface area contributed by atoms with Gasteiger partial charge in [0.15, 0.2) is 11.5 Å². The maximum Gasteiger partial charge on any atom is 0.161 e. The van der Waals surface area contributed by atoms with Crippen LogP contribution in [0.25, 0.3) is 10.9 Å². The Morgan fingerprint density at radius 1 is 1.09 bits per heavy atom. The van der Waals surface area contributed by atoms with Crippen LogP contribution in [-0.2, 0) is 6.54 Å². The van der Waals surface area contributed by atoms with Gasteiger partial charge in [0, 0.05) is 48.0 Å². The number of rotatable bonds is 8. The Bertz CT molecular complexity index is 1050. The lowest BCUT2D eigenvalue weighted by atomic mass is 10.0. The number of benzene rings is 2. The van der Waals surface area contributed by atoms with E-state index in [1.165, 1.54) is 5.56 Å². The third-order valence-electron chi connectivity index (χ3n) is 5.86. The molecular formula is C26H32ClN3O2. The molecule has 3 aromatic rings. The number of ether oxygens (including phenoxy) is 2. The molecule has 0 amide bonds. The third-order valence-corrected chi connectivity index (χ3v) is 6.09. The van der Waals surface area contributed by atoms with E-state index < -0.39 is 0 Å². The lowest BCUT2D eigenvalue weighted by Gasteiger charge is -2.33. The maximum atomic E-state index is 6.12. The summed E-state index contributed by atoms with van der Waals surface area (Å²) in [5.74, 6) is 2.10. The van der Waals surface area contributed by atoms with Crippen LogP contribution in [0.4, 0.5) is 5.69 Å². The molecule has 0 unspecified atom stereocenters. The van der Waals surface area contributed by atoms with Gasteiger partial charge in [0.25, 0.3) is 0 Å². The molecule has 0 bridgehead atoms. The fraction of sp³-hybridized carbons (Fsp3) is 0.423. The molecule has 1 N–H and O–H groups in total. The van der Waals surface area contributed by atoms with Gasteiger partial charge in [-0.25, -0.2) is 0 Å². The molecule has 5 nitrogen and oxygen atoms in total. The van der Waals surface area contributed by atoms with Gasteiger partial charge in [-0.3, -0.25) is 9.88 Å². The Kier molecular flexibility index (Phi) is 7.38. The summed E-state index contributed by atoms with van der Waals surface area (Å²) in [7, 11) is 1.69. The summed E-state index contributed by atoms with van der Waals surface area (Å²) in [4.78, 5) is 6.96. The summed E-state index contributed by atoms with van der Waals surface area (Å²) in [5.41, 5.74) is 3.31. The van der Waals surface area contributed by atoms with Gasteiger partial charge in [-0.05, 0) is 60.7 Å². The molecule has 0 radical (unpaired) electrons. The van der Waals surface area contributed by atoms with Crippen molar-refractivity contribution in [3.63, 3.8) is 0 Å². The van der Waals surface area contributed by atoms with Gasteiger partial charge >= 0.3 is 0 Å². The molecule has 0 aliphatic carbocycles. The average Bonchev–Trinajstić information content (AvgIpc) is 2.79. The summed E-state index contributed by atoms with van der Waals surface area (Å²) < 4.78 is 11.4. The van der Waals surface area contributed by atoms with Gasteiger partial charge in [-0.15, -0.1) is 0 Å². The number of pyridine rings is 1. The Labute approximate surface area is 195 Å². The Balaban J connectivity index is 1.35. The molecule has 6 heteroatoms. The van der Waals surface area contributed by atoms with E-state index in [0.29, 0.717) is 23.6 Å². The molecule has 1 aliphatic rings. The highest BCUT2D eigenvalue weighted by Gasteiger charge is 2.20. The highest BCUT2D eigenvalue weighted by atomic mass is 35.5. The van der Waals surface area contributed by atoms with Gasteiger partial charge in [-0.2, -0.15) is 0 Å². The molecule has 170 valence electrons. The van der Waals surface area contributed by atoms with Crippen LogP contribution in [0.1, 0.15) is 32.3 Å². The molecule has 2 heterocycles. The second-order valence-corrected chi connectivity index (χ2v) is 9.34. The number of nitrogens with one attached hydrogen (secondary N) is 1. The van der Waals surface area contributed by atoms with Crippen LogP contribution in [-0.4, -0.2) is 42.7 Å². The lowest BCUT2D eigenvalue weighted by Crippen LogP contribution is -2.38. The SMILES string of the molecule is COc1ccc(CN2CCC(Nc3ccnc4cc(Cl)ccc34)CC2)cc1OCC(C)C. The Morgan fingerprint density at radius 2 is 1.91 bits per heavy atom. The number of halogens is 1. The standard InChI is InChI=1S/C26H32ClN3O2/c1-18(2)17-32-26-14-19(4-7-25(26)31-3)16-30-12-9-21(10-13-30)29-23-8-11-28-24-15-20(27)5-6-22(23)24/h4-8,11,14-15,18,21H,9-10,12-13,16-17H2,1-3H3,(H,28,29). The fourth-order valence-electron chi connectivity index (χ4n) is 4.15. The predicted octanol–water partition coefficient (Wildman–Crippen LogP) is 6.01. The third kappa shape index (κ3) is 5.64. The first-order valence-electron chi connectivity index (χ1n) is 11.3. The summed E-state index contributed by atoms with van der Waals surface area (Å²) in [6.07, 6.45) is 4.05. The monoisotopic (exact) mass is 453 g/mol. The van der Waals surface area contributed by atoms with E-state index in [1.54, 1.807) is 7.11 Å². The van der Waals surface area contributed by atoms with E-state index in [0.717, 1.165) is 60.6 Å². The molecule has 1 saturated heterocycles. The minimum Gasteiger partial charge on any atom is -0.493 e. The van der Waals surface area contributed by atoms with Crippen LogP contribution in [0.5, 0.6) is 11.5 Å². The smallest absolute Gasteiger partial charge is 0.161 e. The largest absolute Gasteiger partial charge is 0.493 e. The van der Waals surface area contributed by atoms with E-state index in [2.05, 4.69) is 47.2 Å². The average molecular weight is 454 g/mol. The number of methoxy groups -OCH3 is 1. The summed E-state index contributed by atoms with van der Waals surface area (Å²) in [6.45, 7) is 8.02. The van der Waals surface area contributed by atoms with Crippen LogP contribution < -0.4 is 14.8 Å². The number of piperidine rings is 1. The van der Waals surface area contributed by atoms with Crippen molar-refractivity contribution in [1.82, 2.24) is 9.88 Å². The minimum absolute atomic E-state index is 0.452. The molecule has 1 aliphatic heterocycles. The summed E-state index contributed by atoms with van der Waals surface area (Å²) >= 11 is 6.12. The van der Waals surface area contributed by atoms with E-state index in [9.17, 15) is 0 Å². The number of hydrogen-bond acceptors (Lipinski definition) is 5. The number of likely N-dealkylation sites (tertiary alicyclic amines) is 1. The molecule has 1 aromatic heterocycles. The quantitative estimate of drug-likeness (QED) is 0.452. The van der Waals surface area contributed by atoms with Crippen LogP contribution in [0.3, 0.4) is 0 Å². The van der Waals surface area contributed by atoms with Crippen molar-refractivity contribution >= 4 is 28.2 Å². The van der Waals surface area contributed by atoms with E-state index in [4.69, 9.17) is 21.1 Å². The van der Waals surface area contributed by atoms with E-state index in [-0.39, 0.29) is 0 Å². The van der Waals surface area contributed by atoms with Gasteiger partial charge in [0.05, 0.1) is 19.2 Å². The first-order chi connectivity index (χ1) is 15.5. The Morgan fingerprint density at radius 3 is 2.66 bits per heavy atom. The van der Waals surface area contributed by atoms with Gasteiger partial charge in [-0.1, -0.05) is 31.5 Å². The van der Waals surface area contributed by atoms with Crippen LogP contribution in [0.2, 0.25) is 5.02 Å². The summed E-state index contributed by atoms with van der Waals surface area (Å²) in [5, 5.41) is 5.56. The van der Waals surface area contributed by atoms with Crippen molar-refractivity contribution in [3.05, 3.63) is 59.2 Å². The molecule has 0 atom stereocenters. The van der Waals surface area contributed by atoms with Crippen LogP contribution in [0, 0.1) is 5.92 Å². The van der Waals surface area contributed by atoms with Crippen molar-refractivity contribution in [2.45, 2.75) is 39.3 Å². The predicted molar refractivity (Wildman–Crippen MR) is 132 cm³/mol. The highest BCUT2D eigenvalue weighted by molar-refractivity contribution is 6.31. The molecule has 0 spiro atoms. The van der Waals surface area contributed by atoms with Crippen molar-refractivity contribution in [1.29, 1.82) is 0 Å². The van der Waals surface area contributed by atoms with Crippen LogP contribution >= 0.6 is 11.6 Å². The molecule has 1 fully saturated rings. The van der Waals surface area contributed by atoms with Gasteiger partial charge in [0.1, 0.15) is 0 Å². The van der Waals surface area contributed by atoms with Gasteiger partial charge < -0.3 is 14.8 Å². The number of aromatic nitrogens is 1. The number of hydrogen-bond donors (Lipinski definition) is 1. The van der Waals surface area contributed by atoms with E-state index in [1.807, 2.05) is 30.5 Å². The molecule has 0 saturated carbocycles. The first kappa shape index (κ1) is 22.7. The highest BCUT2D eigenvalue weighted by Crippen LogP contribution is 2.30. The Hall–Kier alpha value is -2.50. The zero-order valence-corrected chi connectivity index (χ0v) is 19.9. The second kappa shape index (κ2) is 10.4. The normalized spacial score (nSPS) is 15.3. The van der Waals surface area contributed by atoms with Crippen molar-refractivity contribution < 1.29 is 9.47 Å². The number of anilines is 1. The summed E-state index contributed by atoms with van der Waals surface area (Å²) in [6, 6.07) is 14.7. The zero-order chi connectivity index (χ0) is 22.5. The zero-order valence-electron chi connectivity index (χ0n) is 19.1. The molecule has 4 rings (SSSR count). The fourth-order valence-corrected chi connectivity index (χ4v) is 4.32. The number of fused-ring (bicyclic) bond motifs is 1. The topological polar surface area (TPSA) is 46.6 Å². The lowest BCUT2D eigenvalue weighted by molar-refractivity contribution is 0.210. The molecule has 2 aromatic carbocycles. The maximum absolute atomic E-state index is 6.12. The van der Waals surface area contributed by atoms with Crippen molar-refractivity contribution in [2.24, 2.45) is 5.92 Å². The van der Waals surface area contributed by atoms with Crippen LogP contribution in [0.15, 0.2) is 48.7 Å². The minimum atomic E-state index is 0.452. The molecule has 32 heavy (non-hydrogen) atoms. The van der Waals surface area contributed by atoms with E-state index >= 15 is 0 Å². The first-order valence-corrected chi connectivity index (χ1v) is 11.7.